The first-order valence-corrected chi connectivity index (χ1v) is 12.7. The third-order valence-electron chi connectivity index (χ3n) is 5.97. The summed E-state index contributed by atoms with van der Waals surface area (Å²) in [5, 5.41) is 0. The average Bonchev–Trinajstić information content (AvgIpc) is 3.43. The smallest absolute Gasteiger partial charge is 0.109 e. The second kappa shape index (κ2) is 14.6. The van der Waals surface area contributed by atoms with E-state index in [0.29, 0.717) is 0 Å². The average molecular weight is 531 g/mol. The molecule has 0 heterocycles. The van der Waals surface area contributed by atoms with Gasteiger partial charge in [0.1, 0.15) is 0 Å². The van der Waals surface area contributed by atoms with Gasteiger partial charge in [-0.15, -0.1) is 12.0 Å². The molecule has 4 rings (SSSR count). The predicted molar refractivity (Wildman–Crippen MR) is 138 cm³/mol. The normalized spacial score (nSPS) is 12.8. The van der Waals surface area contributed by atoms with Crippen LogP contribution in [0.3, 0.4) is 0 Å². The molecule has 2 aliphatic carbocycles. The van der Waals surface area contributed by atoms with Gasteiger partial charge in [-0.3, -0.25) is 6.08 Å². The molecule has 184 valence electrons. The zero-order chi connectivity index (χ0) is 23.9. The molecule has 0 aromatic heterocycles. The fraction of sp³-hybridized carbons (Fsp3) is 0.452. The Kier molecular flexibility index (Phi) is 14.2. The molecule has 2 aromatic rings. The van der Waals surface area contributed by atoms with Crippen LogP contribution in [0.1, 0.15) is 96.9 Å². The standard InChI is InChI=1S/C21H25.C5H5.C5H10.2ClH.Ti/c1-20(2,3)16-9-7-14-11-15-8-10-17(21(4,5)6)13-19(15)18(14)12-16;1-2-4-5-3-1;1-3-5-4-2;;;/h7,9-10,12-13H,11H2,1-6H3;1-3H,4H2;3-4H2,1-2H3;2*1H;/q2*-1;;;;+2/p-2. The molecule has 0 unspecified atom stereocenters. The van der Waals surface area contributed by atoms with Crippen LogP contribution >= 0.6 is 0 Å². The minimum absolute atomic E-state index is 0. The van der Waals surface area contributed by atoms with Gasteiger partial charge in [-0.25, -0.2) is 12.2 Å². The van der Waals surface area contributed by atoms with E-state index >= 15 is 0 Å². The molecule has 0 atom stereocenters. The largest absolute Gasteiger partial charge is 1.00 e. The summed E-state index contributed by atoms with van der Waals surface area (Å²) in [5.74, 6) is 0. The molecule has 0 fully saturated rings. The molecular formula is C31H40Cl2Ti-2. The monoisotopic (exact) mass is 530 g/mol. The Balaban J connectivity index is 0.000000700. The Morgan fingerprint density at radius 3 is 1.88 bits per heavy atom. The minimum atomic E-state index is 0. The molecule has 34 heavy (non-hydrogen) atoms. The molecule has 0 bridgehead atoms. The van der Waals surface area contributed by atoms with Crippen molar-refractivity contribution in [2.24, 2.45) is 0 Å². The molecule has 0 nitrogen and oxygen atoms in total. The summed E-state index contributed by atoms with van der Waals surface area (Å²) in [7, 11) is 0. The van der Waals surface area contributed by atoms with Crippen molar-refractivity contribution in [3.8, 4) is 11.1 Å². The topological polar surface area (TPSA) is 0 Å². The summed E-state index contributed by atoms with van der Waals surface area (Å²) < 4.78 is 1.59. The SMILES string of the molecule is CC(C)(C)c1c[c-]c2c(c1)-c1cc(C(C)(C)C)ccc1C2.CC[C](=[Ti+2])CC.[C-]1=CC=CC1.[Cl-].[Cl-]. The number of allylic oxidation sites excluding steroid dienone is 4. The Bertz CT molecular complexity index is 908. The van der Waals surface area contributed by atoms with Crippen LogP contribution in [0.25, 0.3) is 11.1 Å². The fourth-order valence-electron chi connectivity index (χ4n) is 3.57. The number of hydrogen-bond acceptors (Lipinski definition) is 0. The number of rotatable bonds is 2. The first-order chi connectivity index (χ1) is 15.0. The molecule has 0 saturated carbocycles. The second-order valence-corrected chi connectivity index (χ2v) is 11.7. The summed E-state index contributed by atoms with van der Waals surface area (Å²) in [4.78, 5) is 0. The molecule has 2 aliphatic rings. The van der Waals surface area contributed by atoms with Gasteiger partial charge in [0.25, 0.3) is 0 Å². The van der Waals surface area contributed by atoms with Crippen molar-refractivity contribution in [2.45, 2.75) is 91.9 Å². The summed E-state index contributed by atoms with van der Waals surface area (Å²) >= 11 is 2.19. The molecular weight excluding hydrogens is 491 g/mol. The van der Waals surface area contributed by atoms with E-state index in [4.69, 9.17) is 0 Å². The maximum Gasteiger partial charge on any atom is -0.109 e. The quantitative estimate of drug-likeness (QED) is 0.353. The van der Waals surface area contributed by atoms with Crippen LogP contribution in [0.2, 0.25) is 0 Å². The van der Waals surface area contributed by atoms with Crippen molar-refractivity contribution in [1.82, 2.24) is 0 Å². The summed E-state index contributed by atoms with van der Waals surface area (Å²) in [6, 6.07) is 15.1. The predicted octanol–water partition coefficient (Wildman–Crippen LogP) is 2.49. The van der Waals surface area contributed by atoms with Crippen LogP contribution in [0.15, 0.2) is 48.6 Å². The first-order valence-electron chi connectivity index (χ1n) is 11.9. The van der Waals surface area contributed by atoms with Gasteiger partial charge in [-0.2, -0.15) is 35.4 Å². The molecule has 0 N–H and O–H groups in total. The Labute approximate surface area is 233 Å². The zero-order valence-corrected chi connectivity index (χ0v) is 25.3. The van der Waals surface area contributed by atoms with E-state index in [1.54, 1.807) is 3.81 Å². The number of halogens is 2. The van der Waals surface area contributed by atoms with Crippen molar-refractivity contribution in [2.75, 3.05) is 0 Å². The van der Waals surface area contributed by atoms with Gasteiger partial charge in [0.15, 0.2) is 0 Å². The van der Waals surface area contributed by atoms with Gasteiger partial charge in [0.2, 0.25) is 0 Å². The van der Waals surface area contributed by atoms with Gasteiger partial charge >= 0.3 is 50.5 Å². The van der Waals surface area contributed by atoms with Gasteiger partial charge < -0.3 is 24.8 Å². The third kappa shape index (κ3) is 9.62. The molecule has 2 aromatic carbocycles. The maximum atomic E-state index is 3.53. The van der Waals surface area contributed by atoms with E-state index in [1.165, 1.54) is 46.2 Å². The van der Waals surface area contributed by atoms with Crippen LogP contribution in [0, 0.1) is 12.1 Å². The van der Waals surface area contributed by atoms with Crippen molar-refractivity contribution < 1.29 is 44.8 Å². The Morgan fingerprint density at radius 2 is 1.47 bits per heavy atom. The minimum Gasteiger partial charge on any atom is -1.00 e. The molecule has 0 spiro atoms. The van der Waals surface area contributed by atoms with E-state index in [2.05, 4.69) is 124 Å². The van der Waals surface area contributed by atoms with Crippen LogP contribution in [0.4, 0.5) is 0 Å². The van der Waals surface area contributed by atoms with Crippen molar-refractivity contribution >= 4 is 3.81 Å². The van der Waals surface area contributed by atoms with Crippen molar-refractivity contribution in [3.05, 3.63) is 83.0 Å². The number of fused-ring (bicyclic) bond motifs is 3. The maximum absolute atomic E-state index is 3.53. The summed E-state index contributed by atoms with van der Waals surface area (Å²) in [6.07, 6.45) is 13.5. The van der Waals surface area contributed by atoms with E-state index in [-0.39, 0.29) is 35.6 Å². The molecule has 0 amide bonds. The van der Waals surface area contributed by atoms with E-state index in [1.807, 2.05) is 12.2 Å². The number of benzene rings is 2. The fourth-order valence-corrected chi connectivity index (χ4v) is 3.57. The summed E-state index contributed by atoms with van der Waals surface area (Å²) in [6.45, 7) is 18.0. The van der Waals surface area contributed by atoms with Gasteiger partial charge in [-0.05, 0) is 17.4 Å². The van der Waals surface area contributed by atoms with Gasteiger partial charge in [-0.1, -0.05) is 76.3 Å². The van der Waals surface area contributed by atoms with Crippen LogP contribution < -0.4 is 24.8 Å². The van der Waals surface area contributed by atoms with Crippen LogP contribution in [-0.4, -0.2) is 3.81 Å². The van der Waals surface area contributed by atoms with Crippen molar-refractivity contribution in [3.63, 3.8) is 0 Å². The van der Waals surface area contributed by atoms with Crippen molar-refractivity contribution in [1.29, 1.82) is 0 Å². The van der Waals surface area contributed by atoms with Crippen LogP contribution in [0.5, 0.6) is 0 Å². The van der Waals surface area contributed by atoms with E-state index in [0.717, 1.165) is 12.8 Å². The number of hydrogen-bond donors (Lipinski definition) is 0. The Hall–Kier alpha value is -0.916. The van der Waals surface area contributed by atoms with Gasteiger partial charge in [0, 0.05) is 0 Å². The zero-order valence-electron chi connectivity index (χ0n) is 22.2. The Morgan fingerprint density at radius 1 is 0.882 bits per heavy atom. The molecule has 3 heteroatoms. The van der Waals surface area contributed by atoms with Gasteiger partial charge in [0.05, 0.1) is 0 Å². The van der Waals surface area contributed by atoms with E-state index < -0.39 is 0 Å². The molecule has 0 aliphatic heterocycles. The van der Waals surface area contributed by atoms with E-state index in [9.17, 15) is 0 Å². The molecule has 0 radical (unpaired) electrons. The molecule has 0 saturated heterocycles. The van der Waals surface area contributed by atoms with Crippen LogP contribution in [-0.2, 0) is 37.2 Å². The summed E-state index contributed by atoms with van der Waals surface area (Å²) in [5.41, 5.74) is 8.76. The second-order valence-electron chi connectivity index (χ2n) is 10.6. The third-order valence-corrected chi connectivity index (χ3v) is 7.07. The first kappa shape index (κ1) is 33.1.